The van der Waals surface area contributed by atoms with Crippen LogP contribution in [0.2, 0.25) is 0 Å². The summed E-state index contributed by atoms with van der Waals surface area (Å²) in [5, 5.41) is 0.948. The molecule has 2 fully saturated rings. The minimum atomic E-state index is -0.204. The van der Waals surface area contributed by atoms with Gasteiger partial charge in [-0.15, -0.1) is 0 Å². The summed E-state index contributed by atoms with van der Waals surface area (Å²) < 4.78 is 19.4. The van der Waals surface area contributed by atoms with Crippen molar-refractivity contribution in [1.29, 1.82) is 0 Å². The maximum absolute atomic E-state index is 13.5. The summed E-state index contributed by atoms with van der Waals surface area (Å²) in [6.07, 6.45) is 8.33. The molecule has 134 valence electrons. The molecule has 0 saturated carbocycles. The van der Waals surface area contributed by atoms with Crippen LogP contribution in [0.3, 0.4) is 0 Å². The number of anilines is 1. The Bertz CT molecular complexity index is 928. The van der Waals surface area contributed by atoms with Crippen molar-refractivity contribution in [3.8, 4) is 0 Å². The molecule has 0 aliphatic carbocycles. The van der Waals surface area contributed by atoms with Gasteiger partial charge < -0.3 is 14.6 Å². The maximum Gasteiger partial charge on any atom is 0.225 e. The van der Waals surface area contributed by atoms with E-state index in [9.17, 15) is 4.39 Å². The molecule has 2 unspecified atom stereocenters. The molecule has 3 aromatic rings. The summed E-state index contributed by atoms with van der Waals surface area (Å²) in [5.74, 6) is 0.595. The number of benzene rings is 1. The standard InChI is InChI=1S/C20H21FN4O/c21-14-2-6-19-18(9-14)13(10-23-19)1-3-15-7-8-22-20(24-15)25-11-16-4-5-17(12-25)26-16/h2,6-10,16-17,23H,1,3-5,11-12H2. The zero-order chi connectivity index (χ0) is 17.5. The zero-order valence-electron chi connectivity index (χ0n) is 14.5. The summed E-state index contributed by atoms with van der Waals surface area (Å²) in [6.45, 7) is 1.75. The van der Waals surface area contributed by atoms with E-state index in [1.807, 2.05) is 18.5 Å². The average molecular weight is 352 g/mol. The normalized spacial score (nSPS) is 22.3. The number of H-pyrrole nitrogens is 1. The van der Waals surface area contributed by atoms with E-state index in [-0.39, 0.29) is 5.82 Å². The number of rotatable bonds is 4. The Hall–Kier alpha value is -2.47. The smallest absolute Gasteiger partial charge is 0.225 e. The molecule has 2 aromatic heterocycles. The number of aryl methyl sites for hydroxylation is 2. The Balaban J connectivity index is 1.32. The number of nitrogens with one attached hydrogen (secondary N) is 1. The van der Waals surface area contributed by atoms with Crippen LogP contribution in [0.5, 0.6) is 0 Å². The van der Waals surface area contributed by atoms with Gasteiger partial charge in [0.25, 0.3) is 0 Å². The third kappa shape index (κ3) is 2.94. The molecule has 26 heavy (non-hydrogen) atoms. The summed E-state index contributed by atoms with van der Waals surface area (Å²) in [7, 11) is 0. The molecule has 5 rings (SSSR count). The fraction of sp³-hybridized carbons (Fsp3) is 0.400. The van der Waals surface area contributed by atoms with Gasteiger partial charge in [-0.3, -0.25) is 0 Å². The Morgan fingerprint density at radius 1 is 1.15 bits per heavy atom. The molecule has 6 heteroatoms. The molecular weight excluding hydrogens is 331 g/mol. The van der Waals surface area contributed by atoms with Crippen LogP contribution in [0.4, 0.5) is 10.3 Å². The number of hydrogen-bond donors (Lipinski definition) is 1. The van der Waals surface area contributed by atoms with Gasteiger partial charge in [-0.2, -0.15) is 0 Å². The fourth-order valence-corrected chi connectivity index (χ4v) is 4.07. The van der Waals surface area contributed by atoms with Gasteiger partial charge in [0.05, 0.1) is 12.2 Å². The number of nitrogens with zero attached hydrogens (tertiary/aromatic N) is 3. The molecule has 1 N–H and O–H groups in total. The largest absolute Gasteiger partial charge is 0.371 e. The number of aromatic nitrogens is 3. The van der Waals surface area contributed by atoms with E-state index in [4.69, 9.17) is 9.72 Å². The van der Waals surface area contributed by atoms with Crippen molar-refractivity contribution in [3.63, 3.8) is 0 Å². The van der Waals surface area contributed by atoms with Crippen LogP contribution in [0, 0.1) is 5.82 Å². The van der Waals surface area contributed by atoms with E-state index in [1.165, 1.54) is 6.07 Å². The van der Waals surface area contributed by atoms with E-state index in [0.29, 0.717) is 12.2 Å². The van der Waals surface area contributed by atoms with Crippen molar-refractivity contribution >= 4 is 16.9 Å². The Morgan fingerprint density at radius 2 is 2.00 bits per heavy atom. The first-order chi connectivity index (χ1) is 12.7. The zero-order valence-corrected chi connectivity index (χ0v) is 14.5. The molecule has 2 aliphatic heterocycles. The first kappa shape index (κ1) is 15.8. The van der Waals surface area contributed by atoms with Crippen LogP contribution in [-0.2, 0) is 17.6 Å². The molecule has 2 bridgehead atoms. The predicted octanol–water partition coefficient (Wildman–Crippen LogP) is 3.25. The van der Waals surface area contributed by atoms with E-state index >= 15 is 0 Å². The Labute approximate surface area is 151 Å². The monoisotopic (exact) mass is 352 g/mol. The van der Waals surface area contributed by atoms with Crippen molar-refractivity contribution in [2.45, 2.75) is 37.9 Å². The minimum absolute atomic E-state index is 0.204. The number of aromatic amines is 1. The van der Waals surface area contributed by atoms with Crippen molar-refractivity contribution in [3.05, 3.63) is 53.7 Å². The predicted molar refractivity (Wildman–Crippen MR) is 97.8 cm³/mol. The maximum atomic E-state index is 13.5. The Kier molecular flexibility index (Phi) is 3.85. The van der Waals surface area contributed by atoms with Crippen molar-refractivity contribution < 1.29 is 9.13 Å². The molecule has 0 amide bonds. The van der Waals surface area contributed by atoms with E-state index < -0.39 is 0 Å². The first-order valence-corrected chi connectivity index (χ1v) is 9.22. The number of ether oxygens (including phenoxy) is 1. The molecule has 2 atom stereocenters. The molecule has 2 saturated heterocycles. The van der Waals surface area contributed by atoms with Crippen LogP contribution in [-0.4, -0.2) is 40.2 Å². The van der Waals surface area contributed by atoms with E-state index in [2.05, 4.69) is 14.9 Å². The second-order valence-electron chi connectivity index (χ2n) is 7.21. The number of fused-ring (bicyclic) bond motifs is 3. The highest BCUT2D eigenvalue weighted by Gasteiger charge is 2.34. The molecule has 2 aliphatic rings. The quantitative estimate of drug-likeness (QED) is 0.783. The lowest BCUT2D eigenvalue weighted by molar-refractivity contribution is 0.0299. The second kappa shape index (κ2) is 6.36. The summed E-state index contributed by atoms with van der Waals surface area (Å²) in [5.41, 5.74) is 3.09. The lowest BCUT2D eigenvalue weighted by Gasteiger charge is -2.32. The van der Waals surface area contributed by atoms with Crippen LogP contribution in [0.15, 0.2) is 36.7 Å². The average Bonchev–Trinajstić information content (AvgIpc) is 3.22. The van der Waals surface area contributed by atoms with Crippen molar-refractivity contribution in [2.75, 3.05) is 18.0 Å². The summed E-state index contributed by atoms with van der Waals surface area (Å²) in [6, 6.07) is 6.82. The van der Waals surface area contributed by atoms with Gasteiger partial charge in [0.2, 0.25) is 5.95 Å². The van der Waals surface area contributed by atoms with Gasteiger partial charge in [0, 0.05) is 42.1 Å². The van der Waals surface area contributed by atoms with Crippen LogP contribution < -0.4 is 4.90 Å². The second-order valence-corrected chi connectivity index (χ2v) is 7.21. The third-order valence-corrected chi connectivity index (χ3v) is 5.41. The van der Waals surface area contributed by atoms with Gasteiger partial charge in [-0.25, -0.2) is 14.4 Å². The van der Waals surface area contributed by atoms with Gasteiger partial charge in [0.15, 0.2) is 0 Å². The first-order valence-electron chi connectivity index (χ1n) is 9.22. The van der Waals surface area contributed by atoms with Gasteiger partial charge in [-0.05, 0) is 55.5 Å². The highest BCUT2D eigenvalue weighted by atomic mass is 19.1. The van der Waals surface area contributed by atoms with E-state index in [1.54, 1.807) is 12.1 Å². The molecule has 0 radical (unpaired) electrons. The van der Waals surface area contributed by atoms with Crippen LogP contribution in [0.1, 0.15) is 24.1 Å². The fourth-order valence-electron chi connectivity index (χ4n) is 4.07. The van der Waals surface area contributed by atoms with E-state index in [0.717, 1.165) is 66.9 Å². The lowest BCUT2D eigenvalue weighted by atomic mass is 10.1. The molecule has 1 aromatic carbocycles. The summed E-state index contributed by atoms with van der Waals surface area (Å²) in [4.78, 5) is 14.7. The Morgan fingerprint density at radius 3 is 2.85 bits per heavy atom. The topological polar surface area (TPSA) is 54.0 Å². The van der Waals surface area contributed by atoms with Gasteiger partial charge in [-0.1, -0.05) is 0 Å². The highest BCUT2D eigenvalue weighted by Crippen LogP contribution is 2.28. The van der Waals surface area contributed by atoms with Crippen molar-refractivity contribution in [1.82, 2.24) is 15.0 Å². The number of hydrogen-bond acceptors (Lipinski definition) is 4. The number of morpholine rings is 1. The lowest BCUT2D eigenvalue weighted by Crippen LogP contribution is -2.43. The van der Waals surface area contributed by atoms with Gasteiger partial charge >= 0.3 is 0 Å². The molecule has 4 heterocycles. The van der Waals surface area contributed by atoms with Crippen LogP contribution >= 0.6 is 0 Å². The third-order valence-electron chi connectivity index (χ3n) is 5.41. The van der Waals surface area contributed by atoms with Crippen molar-refractivity contribution in [2.24, 2.45) is 0 Å². The minimum Gasteiger partial charge on any atom is -0.371 e. The SMILES string of the molecule is Fc1ccc2[nH]cc(CCc3ccnc(N4CC5CCC(C4)O5)n3)c2c1. The molecule has 5 nitrogen and oxygen atoms in total. The summed E-state index contributed by atoms with van der Waals surface area (Å²) >= 11 is 0. The molecular formula is C20H21FN4O. The van der Waals surface area contributed by atoms with Crippen LogP contribution in [0.25, 0.3) is 10.9 Å². The van der Waals surface area contributed by atoms with Gasteiger partial charge in [0.1, 0.15) is 5.82 Å². The highest BCUT2D eigenvalue weighted by molar-refractivity contribution is 5.83. The molecule has 0 spiro atoms. The number of halogens is 1.